The average Bonchev–Trinajstić information content (AvgIpc) is 3.10. The molecule has 1 aliphatic carbocycles. The van der Waals surface area contributed by atoms with Crippen molar-refractivity contribution in [2.75, 3.05) is 25.1 Å². The second-order valence-corrected chi connectivity index (χ2v) is 8.27. The molecule has 6 nitrogen and oxygen atoms in total. The molecule has 4 rings (SSSR count). The fourth-order valence-corrected chi connectivity index (χ4v) is 5.06. The zero-order valence-electron chi connectivity index (χ0n) is 16.5. The molecular formula is C22H25NO5S. The first kappa shape index (κ1) is 19.8. The van der Waals surface area contributed by atoms with Crippen LogP contribution in [0.3, 0.4) is 0 Å². The fraction of sp³-hybridized carbons (Fsp3) is 0.455. The SMILES string of the molecule is CCOC(=O)c1c(NC(=O)CCc2ccc3c(c2)OCCO3)sc2c1CCCC2. The molecule has 29 heavy (non-hydrogen) atoms. The average molecular weight is 416 g/mol. The van der Waals surface area contributed by atoms with Gasteiger partial charge in [0.1, 0.15) is 18.2 Å². The van der Waals surface area contributed by atoms with E-state index in [9.17, 15) is 9.59 Å². The van der Waals surface area contributed by atoms with Crippen LogP contribution >= 0.6 is 11.3 Å². The third kappa shape index (κ3) is 4.40. The van der Waals surface area contributed by atoms with E-state index >= 15 is 0 Å². The number of ether oxygens (including phenoxy) is 3. The number of carbonyl (C=O) groups is 2. The third-order valence-corrected chi connectivity index (χ3v) is 6.36. The molecule has 0 spiro atoms. The summed E-state index contributed by atoms with van der Waals surface area (Å²) in [5.74, 6) is 1.02. The number of aryl methyl sites for hydroxylation is 2. The molecule has 2 heterocycles. The van der Waals surface area contributed by atoms with Crippen molar-refractivity contribution in [2.24, 2.45) is 0 Å². The van der Waals surface area contributed by atoms with E-state index in [1.165, 1.54) is 16.2 Å². The highest BCUT2D eigenvalue weighted by molar-refractivity contribution is 7.17. The van der Waals surface area contributed by atoms with Gasteiger partial charge in [-0.2, -0.15) is 0 Å². The summed E-state index contributed by atoms with van der Waals surface area (Å²) in [5, 5.41) is 3.59. The van der Waals surface area contributed by atoms with E-state index in [0.717, 1.165) is 48.3 Å². The number of esters is 1. The molecule has 0 bridgehead atoms. The van der Waals surface area contributed by atoms with E-state index in [2.05, 4.69) is 5.32 Å². The van der Waals surface area contributed by atoms with Crippen LogP contribution in [0.1, 0.15) is 52.5 Å². The zero-order chi connectivity index (χ0) is 20.2. The lowest BCUT2D eigenvalue weighted by Gasteiger charge is -2.18. The third-order valence-electron chi connectivity index (χ3n) is 5.15. The number of amides is 1. The lowest BCUT2D eigenvalue weighted by Crippen LogP contribution is -2.16. The Bertz CT molecular complexity index is 920. The van der Waals surface area contributed by atoms with Gasteiger partial charge >= 0.3 is 5.97 Å². The molecule has 2 aromatic rings. The summed E-state index contributed by atoms with van der Waals surface area (Å²) >= 11 is 1.52. The standard InChI is InChI=1S/C22H25NO5S/c1-2-26-22(25)20-15-5-3-4-6-18(15)29-21(20)23-19(24)10-8-14-7-9-16-17(13-14)28-12-11-27-16/h7,9,13H,2-6,8,10-12H2,1H3,(H,23,24). The molecule has 0 saturated heterocycles. The fourth-order valence-electron chi connectivity index (χ4n) is 3.76. The Hall–Kier alpha value is -2.54. The summed E-state index contributed by atoms with van der Waals surface area (Å²) in [6.07, 6.45) is 4.92. The zero-order valence-corrected chi connectivity index (χ0v) is 17.4. The Balaban J connectivity index is 1.44. The van der Waals surface area contributed by atoms with E-state index in [1.807, 2.05) is 18.2 Å². The van der Waals surface area contributed by atoms with Crippen molar-refractivity contribution in [2.45, 2.75) is 45.4 Å². The van der Waals surface area contributed by atoms with E-state index in [1.54, 1.807) is 6.92 Å². The molecule has 0 fully saturated rings. The normalized spacial score (nSPS) is 14.8. The molecule has 2 aliphatic rings. The van der Waals surface area contributed by atoms with Crippen LogP contribution in [0.25, 0.3) is 0 Å². The van der Waals surface area contributed by atoms with Crippen molar-refractivity contribution in [1.82, 2.24) is 0 Å². The highest BCUT2D eigenvalue weighted by Gasteiger charge is 2.27. The molecule has 0 atom stereocenters. The molecule has 1 amide bonds. The number of benzene rings is 1. The lowest BCUT2D eigenvalue weighted by molar-refractivity contribution is -0.116. The van der Waals surface area contributed by atoms with Crippen LogP contribution in [-0.2, 0) is 28.8 Å². The van der Waals surface area contributed by atoms with Gasteiger partial charge in [0.25, 0.3) is 0 Å². The molecule has 1 aromatic carbocycles. The minimum atomic E-state index is -0.339. The number of hydrogen-bond donors (Lipinski definition) is 1. The predicted molar refractivity (Wildman–Crippen MR) is 111 cm³/mol. The van der Waals surface area contributed by atoms with Crippen LogP contribution in [-0.4, -0.2) is 31.7 Å². The second kappa shape index (κ2) is 8.86. The van der Waals surface area contributed by atoms with Gasteiger partial charge in [0.15, 0.2) is 11.5 Å². The summed E-state index contributed by atoms with van der Waals surface area (Å²) in [5.41, 5.74) is 2.63. The highest BCUT2D eigenvalue weighted by Crippen LogP contribution is 2.38. The Morgan fingerprint density at radius 2 is 1.93 bits per heavy atom. The van der Waals surface area contributed by atoms with Crippen LogP contribution in [0.4, 0.5) is 5.00 Å². The van der Waals surface area contributed by atoms with Crippen LogP contribution < -0.4 is 14.8 Å². The number of fused-ring (bicyclic) bond motifs is 2. The van der Waals surface area contributed by atoms with Crippen LogP contribution in [0.15, 0.2) is 18.2 Å². The van der Waals surface area contributed by atoms with Gasteiger partial charge in [-0.3, -0.25) is 4.79 Å². The Labute approximate surface area is 174 Å². The first-order chi connectivity index (χ1) is 14.2. The lowest BCUT2D eigenvalue weighted by atomic mass is 9.95. The van der Waals surface area contributed by atoms with Crippen LogP contribution in [0, 0.1) is 0 Å². The molecule has 0 unspecified atom stereocenters. The van der Waals surface area contributed by atoms with Gasteiger partial charge in [0.2, 0.25) is 5.91 Å². The van der Waals surface area contributed by atoms with Gasteiger partial charge in [0, 0.05) is 11.3 Å². The summed E-state index contributed by atoms with van der Waals surface area (Å²) in [7, 11) is 0. The van der Waals surface area contributed by atoms with Crippen molar-refractivity contribution >= 4 is 28.2 Å². The number of thiophene rings is 1. The molecule has 0 saturated carbocycles. The van der Waals surface area contributed by atoms with Crippen LogP contribution in [0.2, 0.25) is 0 Å². The van der Waals surface area contributed by atoms with E-state index in [0.29, 0.717) is 43.2 Å². The van der Waals surface area contributed by atoms with E-state index < -0.39 is 0 Å². The van der Waals surface area contributed by atoms with Gasteiger partial charge in [-0.25, -0.2) is 4.79 Å². The largest absolute Gasteiger partial charge is 0.486 e. The summed E-state index contributed by atoms with van der Waals surface area (Å²) in [4.78, 5) is 26.3. The molecule has 7 heteroatoms. The van der Waals surface area contributed by atoms with Gasteiger partial charge in [-0.05, 0) is 62.3 Å². The van der Waals surface area contributed by atoms with Gasteiger partial charge < -0.3 is 19.5 Å². The number of anilines is 1. The molecule has 1 aliphatic heterocycles. The Morgan fingerprint density at radius 1 is 1.14 bits per heavy atom. The van der Waals surface area contributed by atoms with E-state index in [-0.39, 0.29) is 11.9 Å². The Morgan fingerprint density at radius 3 is 2.76 bits per heavy atom. The van der Waals surface area contributed by atoms with Crippen LogP contribution in [0.5, 0.6) is 11.5 Å². The van der Waals surface area contributed by atoms with Crippen molar-refractivity contribution in [3.05, 3.63) is 39.8 Å². The molecule has 154 valence electrons. The van der Waals surface area contributed by atoms with Crippen molar-refractivity contribution in [3.63, 3.8) is 0 Å². The van der Waals surface area contributed by atoms with Crippen molar-refractivity contribution < 1.29 is 23.8 Å². The number of nitrogens with one attached hydrogen (secondary N) is 1. The van der Waals surface area contributed by atoms with Gasteiger partial charge in [-0.15, -0.1) is 11.3 Å². The summed E-state index contributed by atoms with van der Waals surface area (Å²) < 4.78 is 16.4. The number of rotatable bonds is 6. The number of carbonyl (C=O) groups excluding carboxylic acids is 2. The first-order valence-corrected chi connectivity index (χ1v) is 11.0. The minimum Gasteiger partial charge on any atom is -0.486 e. The smallest absolute Gasteiger partial charge is 0.341 e. The second-order valence-electron chi connectivity index (χ2n) is 7.16. The number of hydrogen-bond acceptors (Lipinski definition) is 6. The Kier molecular flexibility index (Phi) is 6.04. The van der Waals surface area contributed by atoms with Gasteiger partial charge in [-0.1, -0.05) is 6.07 Å². The summed E-state index contributed by atoms with van der Waals surface area (Å²) in [6, 6.07) is 5.76. The molecular weight excluding hydrogens is 390 g/mol. The molecule has 1 aromatic heterocycles. The topological polar surface area (TPSA) is 73.9 Å². The maximum atomic E-state index is 12.6. The summed E-state index contributed by atoms with van der Waals surface area (Å²) in [6.45, 7) is 3.21. The monoisotopic (exact) mass is 415 g/mol. The maximum absolute atomic E-state index is 12.6. The van der Waals surface area contributed by atoms with Gasteiger partial charge in [0.05, 0.1) is 12.2 Å². The highest BCUT2D eigenvalue weighted by atomic mass is 32.1. The van der Waals surface area contributed by atoms with Crippen molar-refractivity contribution in [1.29, 1.82) is 0 Å². The molecule has 0 radical (unpaired) electrons. The molecule has 1 N–H and O–H groups in total. The van der Waals surface area contributed by atoms with E-state index in [4.69, 9.17) is 14.2 Å². The predicted octanol–water partition coefficient (Wildman–Crippen LogP) is 4.15. The minimum absolute atomic E-state index is 0.107. The first-order valence-electron chi connectivity index (χ1n) is 10.2. The maximum Gasteiger partial charge on any atom is 0.341 e. The quantitative estimate of drug-likeness (QED) is 0.718. The van der Waals surface area contributed by atoms with Crippen molar-refractivity contribution in [3.8, 4) is 11.5 Å².